The van der Waals surface area contributed by atoms with Crippen molar-refractivity contribution >= 4 is 140 Å². The number of urea groups is 2. The summed E-state index contributed by atoms with van der Waals surface area (Å²) in [5.41, 5.74) is 5.82. The molecule has 0 bridgehead atoms. The van der Waals surface area contributed by atoms with Crippen molar-refractivity contribution in [3.05, 3.63) is 81.3 Å². The highest BCUT2D eigenvalue weighted by atomic mass is 33.1. The molecule has 1 aliphatic rings. The van der Waals surface area contributed by atoms with Crippen LogP contribution in [0.1, 0.15) is 183 Å². The Bertz CT molecular complexity index is 4110. The van der Waals surface area contributed by atoms with Gasteiger partial charge in [0, 0.05) is 74.2 Å². The summed E-state index contributed by atoms with van der Waals surface area (Å²) in [6, 6.07) is -1.38. The number of aromatic nitrogens is 1. The number of benzene rings is 2. The van der Waals surface area contributed by atoms with Gasteiger partial charge in [-0.2, -0.15) is 0 Å². The van der Waals surface area contributed by atoms with Crippen LogP contribution in [0.25, 0.3) is 0 Å². The van der Waals surface area contributed by atoms with Crippen LogP contribution in [0.15, 0.2) is 53.9 Å². The summed E-state index contributed by atoms with van der Waals surface area (Å²) in [6.07, 6.45) is -2.14. The zero-order valence-corrected chi connectivity index (χ0v) is 71.9. The lowest BCUT2D eigenvalue weighted by atomic mass is 9.92. The SMILES string of the molecule is CCCC(=O)OCN(C(=O)[C@@H](NC(=O)[C@H]1CCCCN1C)C(C)CC)[C@H](C[C@@H](OC(C)=O)c1nc(C(=O)N[C@@H](Cc2ccc(O)cc2)C[C@H](C)C(=O)NNC(=O)OCCSSC[C@H](NC(=O)[C@H](CC(=O)O)NC(=O)[C@H](CC(=O)O)NC(=O)Cc2ccc(CNC(=O)NCCCC[C@@H](NC(=O)N[C@H](CCC(=O)O)C(=O)O)C(=O)O)cc2)C(=O)O)cs1)C(C)C. The quantitative estimate of drug-likeness (QED) is 0.00962. The number of carboxylic acids is 6. The van der Waals surface area contributed by atoms with Crippen molar-refractivity contribution in [1.29, 1.82) is 0 Å². The molecule has 2 aromatic carbocycles. The van der Waals surface area contributed by atoms with Gasteiger partial charge >= 0.3 is 65.9 Å². The largest absolute Gasteiger partial charge is 0.508 e. The molecule has 0 spiro atoms. The number of carbonyl (C=O) groups excluding carboxylic acids is 12. The van der Waals surface area contributed by atoms with Gasteiger partial charge in [0.15, 0.2) is 12.8 Å². The Kier molecular flexibility index (Phi) is 45.6. The van der Waals surface area contributed by atoms with Crippen molar-refractivity contribution in [2.75, 3.05) is 45.0 Å². The van der Waals surface area contributed by atoms with Crippen LogP contribution in [-0.4, -0.2) is 257 Å². The lowest BCUT2D eigenvalue weighted by Crippen LogP contribution is -2.59. The van der Waals surface area contributed by atoms with Gasteiger partial charge < -0.3 is 103 Å². The molecule has 3 aromatic rings. The highest BCUT2D eigenvalue weighted by molar-refractivity contribution is 8.76. The van der Waals surface area contributed by atoms with E-state index in [9.17, 15) is 112 Å². The van der Waals surface area contributed by atoms with Crippen LogP contribution in [0, 0.1) is 17.8 Å². The molecule has 0 aliphatic carbocycles. The summed E-state index contributed by atoms with van der Waals surface area (Å²) in [6.45, 7) is 11.9. The van der Waals surface area contributed by atoms with Crippen molar-refractivity contribution < 1.29 is 136 Å². The Hall–Kier alpha value is -11.6. The molecule has 12 amide bonds. The summed E-state index contributed by atoms with van der Waals surface area (Å²) in [5.74, 6) is -18.2. The molecule has 2 heterocycles. The fraction of sp³-hybridized carbons (Fsp3) is 0.577. The monoisotopic (exact) mass is 1790 g/mol. The zero-order chi connectivity index (χ0) is 91.6. The molecule has 42 nitrogen and oxygen atoms in total. The van der Waals surface area contributed by atoms with Gasteiger partial charge in [-0.15, -0.1) is 11.3 Å². The van der Waals surface area contributed by atoms with Gasteiger partial charge in [-0.1, -0.05) is 112 Å². The van der Waals surface area contributed by atoms with Crippen molar-refractivity contribution in [2.24, 2.45) is 17.8 Å². The number of unbranched alkanes of at least 4 members (excludes halogenated alkanes) is 1. The molecule has 680 valence electrons. The van der Waals surface area contributed by atoms with E-state index in [0.717, 1.165) is 45.8 Å². The van der Waals surface area contributed by atoms with E-state index in [0.29, 0.717) is 42.5 Å². The summed E-state index contributed by atoms with van der Waals surface area (Å²) in [4.78, 5) is 238. The first kappa shape index (κ1) is 104. The van der Waals surface area contributed by atoms with Gasteiger partial charge in [0.1, 0.15) is 59.3 Å². The molecular weight excluding hydrogens is 1680 g/mol. The number of likely N-dealkylation sites (tertiary alicyclic amines) is 1. The second-order valence-electron chi connectivity index (χ2n) is 29.5. The number of rotatable bonds is 54. The van der Waals surface area contributed by atoms with Crippen LogP contribution < -0.4 is 58.7 Å². The van der Waals surface area contributed by atoms with Crippen LogP contribution in [0.5, 0.6) is 5.75 Å². The average molecular weight is 1790 g/mol. The predicted molar refractivity (Wildman–Crippen MR) is 442 cm³/mol. The minimum Gasteiger partial charge on any atom is -0.508 e. The first-order valence-corrected chi connectivity index (χ1v) is 43.1. The van der Waals surface area contributed by atoms with Gasteiger partial charge in [0.05, 0.1) is 25.3 Å². The molecule has 45 heteroatoms. The topological polar surface area (TPSA) is 628 Å². The van der Waals surface area contributed by atoms with Crippen LogP contribution in [0.3, 0.4) is 0 Å². The van der Waals surface area contributed by atoms with E-state index in [2.05, 4.69) is 58.4 Å². The number of esters is 2. The van der Waals surface area contributed by atoms with Gasteiger partial charge in [-0.25, -0.2) is 39.2 Å². The third-order valence-electron chi connectivity index (χ3n) is 19.3. The zero-order valence-electron chi connectivity index (χ0n) is 69.4. The van der Waals surface area contributed by atoms with Crippen molar-refractivity contribution in [3.8, 4) is 5.75 Å². The second-order valence-corrected chi connectivity index (χ2v) is 33.0. The number of phenols is 1. The Morgan fingerprint density at radius 2 is 1.24 bits per heavy atom. The molecule has 12 atom stereocenters. The van der Waals surface area contributed by atoms with Gasteiger partial charge in [-0.05, 0) is 112 Å². The number of aromatic hydroxyl groups is 1. The summed E-state index contributed by atoms with van der Waals surface area (Å²) in [5, 5.41) is 90.2. The molecule has 0 saturated carbocycles. The highest BCUT2D eigenvalue weighted by Gasteiger charge is 2.41. The molecule has 1 aromatic heterocycles. The number of hydrogen-bond acceptors (Lipinski definition) is 27. The van der Waals surface area contributed by atoms with Crippen LogP contribution in [0.2, 0.25) is 0 Å². The second kappa shape index (κ2) is 54.0. The Morgan fingerprint density at radius 1 is 0.634 bits per heavy atom. The van der Waals surface area contributed by atoms with Crippen molar-refractivity contribution in [3.63, 3.8) is 0 Å². The van der Waals surface area contributed by atoms with E-state index in [4.69, 9.17) is 19.3 Å². The number of nitrogens with zero attached hydrogens (tertiary/aromatic N) is 3. The molecule has 1 unspecified atom stereocenters. The number of phenolic OH excluding ortho intramolecular Hbond substituents is 1. The van der Waals surface area contributed by atoms with E-state index in [1.54, 1.807) is 19.1 Å². The van der Waals surface area contributed by atoms with Gasteiger partial charge in [0.25, 0.3) is 5.91 Å². The number of amides is 12. The maximum absolute atomic E-state index is 15.0. The van der Waals surface area contributed by atoms with Gasteiger partial charge in [0.2, 0.25) is 35.4 Å². The molecule has 1 aliphatic heterocycles. The molecule has 123 heavy (non-hydrogen) atoms. The minimum atomic E-state index is -2.00. The first-order valence-electron chi connectivity index (χ1n) is 39.7. The maximum Gasteiger partial charge on any atom is 0.426 e. The highest BCUT2D eigenvalue weighted by Crippen LogP contribution is 2.33. The van der Waals surface area contributed by atoms with Crippen molar-refractivity contribution in [2.45, 2.75) is 225 Å². The summed E-state index contributed by atoms with van der Waals surface area (Å²) < 4.78 is 16.7. The number of thiazole rings is 1. The third-order valence-corrected chi connectivity index (χ3v) is 22.6. The molecule has 1 fully saturated rings. The van der Waals surface area contributed by atoms with E-state index in [1.807, 2.05) is 45.0 Å². The number of hydrogen-bond donors (Lipinski definition) is 18. The number of likely N-dealkylation sites (N-methyl/N-ethyl adjacent to an activating group) is 1. The number of carbonyl (C=O) groups is 18. The average Bonchev–Trinajstić information content (AvgIpc) is 1.60. The summed E-state index contributed by atoms with van der Waals surface area (Å²) in [7, 11) is 3.70. The predicted octanol–water partition coefficient (Wildman–Crippen LogP) is 3.29. The van der Waals surface area contributed by atoms with Crippen LogP contribution >= 0.6 is 32.9 Å². The number of nitrogens with one attached hydrogen (secondary N) is 11. The molecule has 18 N–H and O–H groups in total. The Morgan fingerprint density at radius 3 is 1.83 bits per heavy atom. The smallest absolute Gasteiger partial charge is 0.426 e. The number of piperidine rings is 1. The van der Waals surface area contributed by atoms with Gasteiger partial charge in [-0.3, -0.25) is 67.9 Å². The molecule has 1 saturated heterocycles. The third kappa shape index (κ3) is 39.0. The van der Waals surface area contributed by atoms with E-state index < -0.39 is 207 Å². The van der Waals surface area contributed by atoms with E-state index in [1.165, 1.54) is 60.5 Å². The molecule has 4 rings (SSSR count). The first-order chi connectivity index (χ1) is 58.2. The normalized spacial score (nSPS) is 15.2. The number of ether oxygens (including phenoxy) is 3. The number of aliphatic carboxylic acids is 6. The Balaban J connectivity index is 1.29. The standard InChI is InChI=1S/C78H112N14O28S3/c1-9-15-64(102)119-41-92(72(108)65(43(5)10-2)88-70(107)57-17-12-14-29-91(57)8)58(42(3)4)37-59(120-45(7)93)71-85-55(39-121-71)69(106)81-49(33-46-22-24-50(94)25-23-46)32-44(6)66(103)89-90-78(117)118-30-31-122-123-40-56(75(113)114)84-68(105)54(36-63(100)101)83-67(104)53(35-62(98)99)82-60(95)34-47-18-20-48(21-19-47)38-80-76(115)79-28-13-11-16-51(73(109)110)86-77(116)87-52(74(111)112)26-27-61(96)97/h18-25,39,42-44,49,51-54,56-59,65,94H,9-17,26-38,40-41H2,1-8H3,(H,81,106)(H,82,95)(H,83,104)(H,84,105)(H,88,107)(H,89,103)(H,90,117)(H,96,97)(H,98,99)(H,100,101)(H,109,110)(H,111,112)(H,113,114)(H2,79,80,115)(H2,86,87,116)/t43?,44-,49+,51+,52+,53-,54-,56-,57+,58+,59+,65-/m0/s1. The lowest BCUT2D eigenvalue weighted by Gasteiger charge is -2.39. The maximum atomic E-state index is 15.0. The fourth-order valence-corrected chi connectivity index (χ4v) is 15.3. The van der Waals surface area contributed by atoms with Crippen LogP contribution in [-0.2, 0) is 101 Å². The number of carboxylic acid groups (broad SMARTS) is 6. The van der Waals surface area contributed by atoms with E-state index in [-0.39, 0.29) is 110 Å². The van der Waals surface area contributed by atoms with E-state index >= 15 is 4.79 Å². The van der Waals surface area contributed by atoms with Crippen LogP contribution in [0.4, 0.5) is 14.4 Å². The Labute approximate surface area is 720 Å². The molecular formula is C78H112N14O28S3. The number of hydrazine groups is 1. The molecule has 0 radical (unpaired) electrons. The van der Waals surface area contributed by atoms with Crippen molar-refractivity contribution in [1.82, 2.24) is 73.5 Å². The minimum absolute atomic E-state index is 0.00261. The fourth-order valence-electron chi connectivity index (χ4n) is 12.4. The lowest BCUT2D eigenvalue weighted by molar-refractivity contribution is -0.161. The summed E-state index contributed by atoms with van der Waals surface area (Å²) >= 11 is 1.000.